The highest BCUT2D eigenvalue weighted by molar-refractivity contribution is 5.87. The SMILES string of the molecule is COc1cccc(C=NNC(=O)C(C)Oc2cccc(C)c2)c1OC. The quantitative estimate of drug-likeness (QED) is 0.620. The average molecular weight is 342 g/mol. The van der Waals surface area contributed by atoms with E-state index < -0.39 is 6.10 Å². The number of carbonyl (C=O) groups excluding carboxylic acids is 1. The van der Waals surface area contributed by atoms with E-state index in [9.17, 15) is 4.79 Å². The molecule has 0 saturated carbocycles. The van der Waals surface area contributed by atoms with Crippen LogP contribution in [0.3, 0.4) is 0 Å². The van der Waals surface area contributed by atoms with E-state index in [1.165, 1.54) is 6.21 Å². The van der Waals surface area contributed by atoms with Crippen molar-refractivity contribution in [2.45, 2.75) is 20.0 Å². The van der Waals surface area contributed by atoms with E-state index in [-0.39, 0.29) is 5.91 Å². The zero-order valence-electron chi connectivity index (χ0n) is 14.8. The molecule has 0 radical (unpaired) electrons. The van der Waals surface area contributed by atoms with Gasteiger partial charge in [-0.2, -0.15) is 5.10 Å². The molecule has 6 heteroatoms. The molecule has 0 fully saturated rings. The van der Waals surface area contributed by atoms with Crippen LogP contribution in [0.25, 0.3) is 0 Å². The molecule has 2 aromatic carbocycles. The summed E-state index contributed by atoms with van der Waals surface area (Å²) in [6.07, 6.45) is 0.824. The second-order valence-corrected chi connectivity index (χ2v) is 5.39. The predicted octanol–water partition coefficient (Wildman–Crippen LogP) is 2.93. The minimum absolute atomic E-state index is 0.348. The van der Waals surface area contributed by atoms with Gasteiger partial charge in [0.1, 0.15) is 5.75 Å². The van der Waals surface area contributed by atoms with Crippen molar-refractivity contribution in [2.24, 2.45) is 5.10 Å². The van der Waals surface area contributed by atoms with Crippen LogP contribution in [0.15, 0.2) is 47.6 Å². The lowest BCUT2D eigenvalue weighted by Gasteiger charge is -2.13. The molecule has 6 nitrogen and oxygen atoms in total. The van der Waals surface area contributed by atoms with Crippen molar-refractivity contribution in [3.8, 4) is 17.2 Å². The van der Waals surface area contributed by atoms with Gasteiger partial charge in [-0.3, -0.25) is 4.79 Å². The maximum absolute atomic E-state index is 12.1. The van der Waals surface area contributed by atoms with Gasteiger partial charge in [0, 0.05) is 5.56 Å². The van der Waals surface area contributed by atoms with Gasteiger partial charge in [-0.1, -0.05) is 18.2 Å². The van der Waals surface area contributed by atoms with Gasteiger partial charge >= 0.3 is 0 Å². The van der Waals surface area contributed by atoms with Crippen LogP contribution in [0.4, 0.5) is 0 Å². The number of amides is 1. The highest BCUT2D eigenvalue weighted by atomic mass is 16.5. The highest BCUT2D eigenvalue weighted by Crippen LogP contribution is 2.29. The molecule has 25 heavy (non-hydrogen) atoms. The van der Waals surface area contributed by atoms with Crippen molar-refractivity contribution in [1.82, 2.24) is 5.43 Å². The Kier molecular flexibility index (Phi) is 6.39. The summed E-state index contributed by atoms with van der Waals surface area (Å²) in [5.74, 6) is 1.43. The number of hydrogen-bond donors (Lipinski definition) is 1. The van der Waals surface area contributed by atoms with Gasteiger partial charge in [0.2, 0.25) is 0 Å². The normalized spacial score (nSPS) is 11.8. The lowest BCUT2D eigenvalue weighted by atomic mass is 10.2. The summed E-state index contributed by atoms with van der Waals surface area (Å²) in [4.78, 5) is 12.1. The smallest absolute Gasteiger partial charge is 0.280 e. The minimum atomic E-state index is -0.675. The molecule has 1 atom stereocenters. The van der Waals surface area contributed by atoms with Crippen molar-refractivity contribution in [1.29, 1.82) is 0 Å². The Balaban J connectivity index is 1.98. The van der Waals surface area contributed by atoms with Crippen molar-refractivity contribution in [3.05, 3.63) is 53.6 Å². The van der Waals surface area contributed by atoms with Crippen molar-refractivity contribution < 1.29 is 19.0 Å². The molecule has 132 valence electrons. The van der Waals surface area contributed by atoms with E-state index in [1.807, 2.05) is 37.3 Å². The van der Waals surface area contributed by atoms with Gasteiger partial charge in [0.25, 0.3) is 5.91 Å². The van der Waals surface area contributed by atoms with Crippen LogP contribution in [-0.4, -0.2) is 32.4 Å². The molecule has 2 rings (SSSR count). The average Bonchev–Trinajstić information content (AvgIpc) is 2.61. The summed E-state index contributed by atoms with van der Waals surface area (Å²) >= 11 is 0. The standard InChI is InChI=1S/C19H22N2O4/c1-13-7-5-9-16(11-13)25-14(2)19(22)21-20-12-15-8-6-10-17(23-3)18(15)24-4/h5-12,14H,1-4H3,(H,21,22). The molecule has 0 heterocycles. The summed E-state index contributed by atoms with van der Waals surface area (Å²) in [6.45, 7) is 3.63. The number of ether oxygens (including phenoxy) is 3. The van der Waals surface area contributed by atoms with Crippen molar-refractivity contribution >= 4 is 12.1 Å². The number of methoxy groups -OCH3 is 2. The Morgan fingerprint density at radius 1 is 1.16 bits per heavy atom. The Labute approximate surface area is 147 Å². The molecule has 0 aliphatic carbocycles. The first-order valence-corrected chi connectivity index (χ1v) is 7.82. The summed E-state index contributed by atoms with van der Waals surface area (Å²) in [5.41, 5.74) is 4.22. The fourth-order valence-corrected chi connectivity index (χ4v) is 2.22. The monoisotopic (exact) mass is 342 g/mol. The molecular formula is C19H22N2O4. The Bertz CT molecular complexity index is 759. The molecule has 0 aromatic heterocycles. The van der Waals surface area contributed by atoms with Crippen LogP contribution in [0, 0.1) is 6.92 Å². The molecule has 1 amide bonds. The second-order valence-electron chi connectivity index (χ2n) is 5.39. The zero-order valence-corrected chi connectivity index (χ0v) is 14.8. The lowest BCUT2D eigenvalue weighted by Crippen LogP contribution is -2.33. The first kappa shape index (κ1) is 18.3. The van der Waals surface area contributed by atoms with Crippen molar-refractivity contribution in [3.63, 3.8) is 0 Å². The van der Waals surface area contributed by atoms with Crippen LogP contribution in [0.1, 0.15) is 18.1 Å². The van der Waals surface area contributed by atoms with E-state index in [0.717, 1.165) is 5.56 Å². The summed E-state index contributed by atoms with van der Waals surface area (Å²) < 4.78 is 16.1. The van der Waals surface area contributed by atoms with Gasteiger partial charge in [-0.15, -0.1) is 0 Å². The third-order valence-electron chi connectivity index (χ3n) is 3.48. The predicted molar refractivity (Wildman–Crippen MR) is 96.6 cm³/mol. The fourth-order valence-electron chi connectivity index (χ4n) is 2.22. The summed E-state index contributed by atoms with van der Waals surface area (Å²) in [7, 11) is 3.11. The third kappa shape index (κ3) is 4.97. The van der Waals surface area contributed by atoms with Gasteiger partial charge in [0.15, 0.2) is 17.6 Å². The Morgan fingerprint density at radius 2 is 1.92 bits per heavy atom. The van der Waals surface area contributed by atoms with Crippen molar-refractivity contribution in [2.75, 3.05) is 14.2 Å². The largest absolute Gasteiger partial charge is 0.493 e. The lowest BCUT2D eigenvalue weighted by molar-refractivity contribution is -0.127. The van der Waals surface area contributed by atoms with E-state index in [2.05, 4.69) is 10.5 Å². The number of rotatable bonds is 7. The number of aryl methyl sites for hydroxylation is 1. The molecule has 1 unspecified atom stereocenters. The number of hydrogen-bond acceptors (Lipinski definition) is 5. The van der Waals surface area contributed by atoms with Crippen LogP contribution in [0.2, 0.25) is 0 Å². The maximum atomic E-state index is 12.1. The van der Waals surface area contributed by atoms with Gasteiger partial charge in [-0.05, 0) is 43.7 Å². The molecule has 1 N–H and O–H groups in total. The topological polar surface area (TPSA) is 69.2 Å². The van der Waals surface area contributed by atoms with E-state index in [4.69, 9.17) is 14.2 Å². The van der Waals surface area contributed by atoms with Gasteiger partial charge in [0.05, 0.1) is 20.4 Å². The molecule has 0 aliphatic heterocycles. The Hall–Kier alpha value is -3.02. The molecule has 2 aromatic rings. The fraction of sp³-hybridized carbons (Fsp3) is 0.263. The molecule has 0 saturated heterocycles. The zero-order chi connectivity index (χ0) is 18.2. The van der Waals surface area contributed by atoms with Crippen LogP contribution in [-0.2, 0) is 4.79 Å². The summed E-state index contributed by atoms with van der Waals surface area (Å²) in [5, 5.41) is 3.97. The van der Waals surface area contributed by atoms with E-state index >= 15 is 0 Å². The van der Waals surface area contributed by atoms with Crippen LogP contribution < -0.4 is 19.6 Å². The van der Waals surface area contributed by atoms with E-state index in [0.29, 0.717) is 22.8 Å². The third-order valence-corrected chi connectivity index (χ3v) is 3.48. The number of para-hydroxylation sites is 1. The number of carbonyl (C=O) groups is 1. The first-order valence-electron chi connectivity index (χ1n) is 7.82. The molecule has 0 aliphatic rings. The first-order chi connectivity index (χ1) is 12.0. The number of nitrogens with one attached hydrogen (secondary N) is 1. The van der Waals surface area contributed by atoms with Gasteiger partial charge < -0.3 is 14.2 Å². The second kappa shape index (κ2) is 8.73. The summed E-state index contributed by atoms with van der Waals surface area (Å²) in [6, 6.07) is 12.9. The highest BCUT2D eigenvalue weighted by Gasteiger charge is 2.14. The molecule has 0 spiro atoms. The minimum Gasteiger partial charge on any atom is -0.493 e. The number of hydrazone groups is 1. The molecule has 0 bridgehead atoms. The van der Waals surface area contributed by atoms with Crippen LogP contribution in [0.5, 0.6) is 17.2 Å². The number of nitrogens with zero attached hydrogens (tertiary/aromatic N) is 1. The van der Waals surface area contributed by atoms with Crippen LogP contribution >= 0.6 is 0 Å². The van der Waals surface area contributed by atoms with E-state index in [1.54, 1.807) is 33.3 Å². The van der Waals surface area contributed by atoms with Gasteiger partial charge in [-0.25, -0.2) is 5.43 Å². The molecular weight excluding hydrogens is 320 g/mol. The Morgan fingerprint density at radius 3 is 2.60 bits per heavy atom. The maximum Gasteiger partial charge on any atom is 0.280 e. The number of benzene rings is 2.